The van der Waals surface area contributed by atoms with Gasteiger partial charge in [0.2, 0.25) is 0 Å². The number of nitrogens with one attached hydrogen (secondary N) is 1. The highest BCUT2D eigenvalue weighted by Gasteiger charge is 2.27. The Morgan fingerprint density at radius 2 is 2.33 bits per heavy atom. The summed E-state index contributed by atoms with van der Waals surface area (Å²) < 4.78 is 0.836. The van der Waals surface area contributed by atoms with Crippen LogP contribution in [0, 0.1) is 12.3 Å². The smallest absolute Gasteiger partial charge is 0.135 e. The summed E-state index contributed by atoms with van der Waals surface area (Å²) in [6.07, 6.45) is 8.30. The third kappa shape index (κ3) is 2.93. The number of hydrogen-bond acceptors (Lipinski definition) is 3. The SMILES string of the molecule is C#CCCNc1cc(Br)nc(C2CC2)n1. The number of terminal acetylenes is 1. The molecule has 1 aromatic heterocycles. The zero-order valence-electron chi connectivity index (χ0n) is 8.33. The van der Waals surface area contributed by atoms with Crippen molar-refractivity contribution in [3.8, 4) is 12.3 Å². The van der Waals surface area contributed by atoms with E-state index in [4.69, 9.17) is 6.42 Å². The van der Waals surface area contributed by atoms with E-state index in [2.05, 4.69) is 37.1 Å². The van der Waals surface area contributed by atoms with E-state index < -0.39 is 0 Å². The van der Waals surface area contributed by atoms with Crippen LogP contribution in [0.2, 0.25) is 0 Å². The molecule has 1 aromatic rings. The average molecular weight is 266 g/mol. The van der Waals surface area contributed by atoms with Crippen LogP contribution in [-0.2, 0) is 0 Å². The van der Waals surface area contributed by atoms with Crippen molar-refractivity contribution < 1.29 is 0 Å². The Kier molecular flexibility index (Phi) is 3.22. The molecular weight excluding hydrogens is 254 g/mol. The molecule has 78 valence electrons. The largest absolute Gasteiger partial charge is 0.369 e. The summed E-state index contributed by atoms with van der Waals surface area (Å²) >= 11 is 3.39. The Balaban J connectivity index is 2.06. The van der Waals surface area contributed by atoms with Crippen LogP contribution < -0.4 is 5.32 Å². The monoisotopic (exact) mass is 265 g/mol. The fourth-order valence-corrected chi connectivity index (χ4v) is 1.71. The van der Waals surface area contributed by atoms with Crippen LogP contribution in [0.1, 0.15) is 31.0 Å². The molecule has 1 aliphatic rings. The molecule has 0 aromatic carbocycles. The van der Waals surface area contributed by atoms with Crippen molar-refractivity contribution >= 4 is 21.7 Å². The van der Waals surface area contributed by atoms with Crippen LogP contribution in [-0.4, -0.2) is 16.5 Å². The van der Waals surface area contributed by atoms with Crippen molar-refractivity contribution in [1.29, 1.82) is 0 Å². The van der Waals surface area contributed by atoms with Gasteiger partial charge in [0.05, 0.1) is 0 Å². The molecule has 0 bridgehead atoms. The molecule has 0 spiro atoms. The first-order valence-corrected chi connectivity index (χ1v) is 5.80. The van der Waals surface area contributed by atoms with Gasteiger partial charge in [-0.1, -0.05) is 0 Å². The number of rotatable bonds is 4. The van der Waals surface area contributed by atoms with Gasteiger partial charge in [-0.05, 0) is 28.8 Å². The van der Waals surface area contributed by atoms with E-state index in [0.29, 0.717) is 12.3 Å². The molecule has 4 heteroatoms. The molecule has 0 amide bonds. The normalized spacial score (nSPS) is 14.7. The number of hydrogen-bond donors (Lipinski definition) is 1. The Morgan fingerprint density at radius 3 is 3.00 bits per heavy atom. The topological polar surface area (TPSA) is 37.8 Å². The van der Waals surface area contributed by atoms with Crippen molar-refractivity contribution in [1.82, 2.24) is 9.97 Å². The van der Waals surface area contributed by atoms with Crippen molar-refractivity contribution in [3.63, 3.8) is 0 Å². The predicted octanol–water partition coefficient (Wildman–Crippen LogP) is 2.55. The van der Waals surface area contributed by atoms with E-state index >= 15 is 0 Å². The van der Waals surface area contributed by atoms with Gasteiger partial charge in [0.1, 0.15) is 16.2 Å². The summed E-state index contributed by atoms with van der Waals surface area (Å²) in [5.41, 5.74) is 0. The van der Waals surface area contributed by atoms with E-state index in [1.54, 1.807) is 0 Å². The van der Waals surface area contributed by atoms with Crippen molar-refractivity contribution in [2.45, 2.75) is 25.2 Å². The van der Waals surface area contributed by atoms with Crippen molar-refractivity contribution in [2.24, 2.45) is 0 Å². The van der Waals surface area contributed by atoms with Gasteiger partial charge >= 0.3 is 0 Å². The Morgan fingerprint density at radius 1 is 1.53 bits per heavy atom. The molecule has 0 aliphatic heterocycles. The average Bonchev–Trinajstić information content (AvgIpc) is 3.00. The molecule has 1 aliphatic carbocycles. The summed E-state index contributed by atoms with van der Waals surface area (Å²) in [7, 11) is 0. The number of aromatic nitrogens is 2. The summed E-state index contributed by atoms with van der Waals surface area (Å²) in [6.45, 7) is 0.754. The molecule has 15 heavy (non-hydrogen) atoms. The zero-order valence-corrected chi connectivity index (χ0v) is 9.92. The standard InChI is InChI=1S/C11H12BrN3/c1-2-3-6-13-10-7-9(12)14-11(15-10)8-4-5-8/h1,7-8H,3-6H2,(H,13,14,15). The van der Waals surface area contributed by atoms with E-state index in [1.165, 1.54) is 12.8 Å². The lowest BCUT2D eigenvalue weighted by Crippen LogP contribution is -2.05. The lowest BCUT2D eigenvalue weighted by molar-refractivity contribution is 0.909. The van der Waals surface area contributed by atoms with Gasteiger partial charge in [0.15, 0.2) is 0 Å². The summed E-state index contributed by atoms with van der Waals surface area (Å²) in [6, 6.07) is 1.88. The van der Waals surface area contributed by atoms with E-state index in [-0.39, 0.29) is 0 Å². The van der Waals surface area contributed by atoms with Gasteiger partial charge in [-0.2, -0.15) is 0 Å². The van der Waals surface area contributed by atoms with Gasteiger partial charge in [-0.3, -0.25) is 0 Å². The number of anilines is 1. The van der Waals surface area contributed by atoms with Gasteiger partial charge in [-0.15, -0.1) is 12.3 Å². The highest BCUT2D eigenvalue weighted by molar-refractivity contribution is 9.10. The van der Waals surface area contributed by atoms with Gasteiger partial charge in [0, 0.05) is 24.9 Å². The lowest BCUT2D eigenvalue weighted by Gasteiger charge is -2.05. The van der Waals surface area contributed by atoms with E-state index in [0.717, 1.165) is 22.8 Å². The first-order chi connectivity index (χ1) is 7.29. The fourth-order valence-electron chi connectivity index (χ4n) is 1.31. The Bertz CT molecular complexity index is 393. The lowest BCUT2D eigenvalue weighted by atomic mass is 10.4. The van der Waals surface area contributed by atoms with Crippen LogP contribution in [0.5, 0.6) is 0 Å². The Hall–Kier alpha value is -1.08. The minimum atomic E-state index is 0.565. The van der Waals surface area contributed by atoms with Crippen LogP contribution in [0.3, 0.4) is 0 Å². The molecule has 0 saturated heterocycles. The highest BCUT2D eigenvalue weighted by atomic mass is 79.9. The Labute approximate surface area is 97.8 Å². The number of nitrogens with zero attached hydrogens (tertiary/aromatic N) is 2. The highest BCUT2D eigenvalue weighted by Crippen LogP contribution is 2.38. The molecule has 1 N–H and O–H groups in total. The maximum atomic E-state index is 5.18. The second kappa shape index (κ2) is 4.63. The number of halogens is 1. The maximum Gasteiger partial charge on any atom is 0.135 e. The minimum absolute atomic E-state index is 0.565. The van der Waals surface area contributed by atoms with Crippen molar-refractivity contribution in [3.05, 3.63) is 16.5 Å². The predicted molar refractivity (Wildman–Crippen MR) is 63.6 cm³/mol. The summed E-state index contributed by atoms with van der Waals surface area (Å²) in [4.78, 5) is 8.80. The van der Waals surface area contributed by atoms with Crippen LogP contribution in [0.25, 0.3) is 0 Å². The van der Waals surface area contributed by atoms with E-state index in [9.17, 15) is 0 Å². The first kappa shape index (κ1) is 10.4. The summed E-state index contributed by atoms with van der Waals surface area (Å²) in [5, 5.41) is 3.19. The fraction of sp³-hybridized carbons (Fsp3) is 0.455. The molecule has 1 heterocycles. The molecule has 2 rings (SSSR count). The van der Waals surface area contributed by atoms with Crippen LogP contribution in [0.15, 0.2) is 10.7 Å². The van der Waals surface area contributed by atoms with Gasteiger partial charge in [0.25, 0.3) is 0 Å². The van der Waals surface area contributed by atoms with Crippen LogP contribution >= 0.6 is 15.9 Å². The second-order valence-electron chi connectivity index (χ2n) is 3.59. The van der Waals surface area contributed by atoms with Crippen LogP contribution in [0.4, 0.5) is 5.82 Å². The third-order valence-electron chi connectivity index (χ3n) is 2.23. The van der Waals surface area contributed by atoms with Crippen molar-refractivity contribution in [2.75, 3.05) is 11.9 Å². The van der Waals surface area contributed by atoms with E-state index in [1.807, 2.05) is 6.07 Å². The minimum Gasteiger partial charge on any atom is -0.369 e. The quantitative estimate of drug-likeness (QED) is 0.517. The van der Waals surface area contributed by atoms with Gasteiger partial charge < -0.3 is 5.32 Å². The maximum absolute atomic E-state index is 5.18. The molecule has 1 saturated carbocycles. The second-order valence-corrected chi connectivity index (χ2v) is 4.40. The molecule has 1 fully saturated rings. The molecular formula is C11H12BrN3. The molecule has 0 unspecified atom stereocenters. The first-order valence-electron chi connectivity index (χ1n) is 5.01. The third-order valence-corrected chi connectivity index (χ3v) is 2.64. The van der Waals surface area contributed by atoms with Gasteiger partial charge in [-0.25, -0.2) is 9.97 Å². The molecule has 3 nitrogen and oxygen atoms in total. The molecule has 0 radical (unpaired) electrons. The zero-order chi connectivity index (χ0) is 10.7. The summed E-state index contributed by atoms with van der Waals surface area (Å²) in [5.74, 6) is 4.94. The molecule has 0 atom stereocenters.